The van der Waals surface area contributed by atoms with Crippen LogP contribution < -0.4 is 0 Å². The zero-order valence-electron chi connectivity index (χ0n) is 10.3. The van der Waals surface area contributed by atoms with Gasteiger partial charge in [-0.2, -0.15) is 0 Å². The summed E-state index contributed by atoms with van der Waals surface area (Å²) in [5.74, 6) is -0.577. The summed E-state index contributed by atoms with van der Waals surface area (Å²) in [6.45, 7) is 0. The van der Waals surface area contributed by atoms with Crippen LogP contribution in [0.4, 0.5) is 5.69 Å². The first-order chi connectivity index (χ1) is 9.06. The van der Waals surface area contributed by atoms with E-state index in [-0.39, 0.29) is 16.5 Å². The molecule has 1 aromatic carbocycles. The number of rotatable bonds is 5. The minimum absolute atomic E-state index is 0.00639. The lowest BCUT2D eigenvalue weighted by molar-refractivity contribution is -0.387. The number of para-hydroxylation sites is 1. The highest BCUT2D eigenvalue weighted by Gasteiger charge is 2.43. The summed E-state index contributed by atoms with van der Waals surface area (Å²) >= 11 is 0. The molecule has 2 atom stereocenters. The van der Waals surface area contributed by atoms with Gasteiger partial charge in [0.2, 0.25) is 0 Å². The van der Waals surface area contributed by atoms with Crippen LogP contribution in [0.5, 0.6) is 0 Å². The molecule has 2 unspecified atom stereocenters. The van der Waals surface area contributed by atoms with Gasteiger partial charge in [0.15, 0.2) is 0 Å². The number of nitro groups is 1. The number of benzene rings is 1. The van der Waals surface area contributed by atoms with E-state index in [0.29, 0.717) is 0 Å². The topological polar surface area (TPSA) is 86.5 Å². The van der Waals surface area contributed by atoms with Gasteiger partial charge in [-0.25, -0.2) is 0 Å². The van der Waals surface area contributed by atoms with Crippen molar-refractivity contribution in [1.29, 1.82) is 0 Å². The molecule has 1 aliphatic carbocycles. The summed E-state index contributed by atoms with van der Waals surface area (Å²) in [7, 11) is -0.537. The predicted octanol–water partition coefficient (Wildman–Crippen LogP) is 1.65. The van der Waals surface area contributed by atoms with Crippen molar-refractivity contribution in [2.24, 2.45) is 5.92 Å². The van der Waals surface area contributed by atoms with Crippen molar-refractivity contribution in [1.82, 2.24) is 0 Å². The summed E-state index contributed by atoms with van der Waals surface area (Å²) in [6, 6.07) is 5.78. The van der Waals surface area contributed by atoms with E-state index in [4.69, 9.17) is 0 Å². The fraction of sp³-hybridized carbons (Fsp3) is 0.417. The number of nitro benzene ring substituents is 1. The maximum absolute atomic E-state index is 12.5. The molecule has 1 fully saturated rings. The molecular formula is C12H13NO5S. The molecule has 0 bridgehead atoms. The number of hydrogen-bond acceptors (Lipinski definition) is 5. The molecule has 1 saturated carbocycles. The second-order valence-electron chi connectivity index (χ2n) is 4.30. The Morgan fingerprint density at radius 2 is 2.11 bits per heavy atom. The molecule has 2 rings (SSSR count). The largest absolute Gasteiger partial charge is 0.468 e. The molecule has 1 aromatic rings. The van der Waals surface area contributed by atoms with Crippen LogP contribution in [0, 0.1) is 16.0 Å². The van der Waals surface area contributed by atoms with E-state index < -0.39 is 26.9 Å². The minimum atomic E-state index is -1.77. The lowest BCUT2D eigenvalue weighted by atomic mass is 10.3. The Bertz CT molecular complexity index is 541. The summed E-state index contributed by atoms with van der Waals surface area (Å²) in [4.78, 5) is 22.1. The SMILES string of the molecule is COC(=O)C(C1CC1)S(=O)c1ccccc1[N+](=O)[O-]. The lowest BCUT2D eigenvalue weighted by Gasteiger charge is -2.13. The van der Waals surface area contributed by atoms with Crippen LogP contribution in [0.2, 0.25) is 0 Å². The third-order valence-electron chi connectivity index (χ3n) is 2.99. The Labute approximate surface area is 112 Å². The quantitative estimate of drug-likeness (QED) is 0.466. The molecule has 1 aliphatic rings. The molecular weight excluding hydrogens is 270 g/mol. The first-order valence-electron chi connectivity index (χ1n) is 5.78. The first-order valence-corrected chi connectivity index (χ1v) is 6.99. The number of esters is 1. The molecule has 0 N–H and O–H groups in total. The average molecular weight is 283 g/mol. The van der Waals surface area contributed by atoms with Gasteiger partial charge in [-0.05, 0) is 24.8 Å². The lowest BCUT2D eigenvalue weighted by Crippen LogP contribution is -2.29. The van der Waals surface area contributed by atoms with Crippen LogP contribution in [0.15, 0.2) is 29.2 Å². The highest BCUT2D eigenvalue weighted by Crippen LogP contribution is 2.38. The monoisotopic (exact) mass is 283 g/mol. The standard InChI is InChI=1S/C12H13NO5S/c1-18-12(14)11(8-6-7-8)19(17)10-5-3-2-4-9(10)13(15)16/h2-5,8,11H,6-7H2,1H3. The van der Waals surface area contributed by atoms with E-state index in [1.165, 1.54) is 25.3 Å². The van der Waals surface area contributed by atoms with Gasteiger partial charge in [0.05, 0.1) is 22.8 Å². The summed E-state index contributed by atoms with van der Waals surface area (Å²) in [6.07, 6.45) is 1.60. The normalized spacial score (nSPS) is 17.5. The second kappa shape index (κ2) is 5.48. The van der Waals surface area contributed by atoms with Crippen molar-refractivity contribution in [2.45, 2.75) is 23.0 Å². The number of carbonyl (C=O) groups excluding carboxylic acids is 1. The second-order valence-corrected chi connectivity index (χ2v) is 5.85. The Balaban J connectivity index is 2.37. The van der Waals surface area contributed by atoms with Crippen molar-refractivity contribution in [3.05, 3.63) is 34.4 Å². The average Bonchev–Trinajstić information content (AvgIpc) is 3.23. The van der Waals surface area contributed by atoms with E-state index in [2.05, 4.69) is 4.74 Å². The number of hydrogen-bond donors (Lipinski definition) is 0. The molecule has 102 valence electrons. The third-order valence-corrected chi connectivity index (χ3v) is 4.81. The van der Waals surface area contributed by atoms with Gasteiger partial charge in [0.25, 0.3) is 5.69 Å². The minimum Gasteiger partial charge on any atom is -0.468 e. The predicted molar refractivity (Wildman–Crippen MR) is 68.0 cm³/mol. The molecule has 0 amide bonds. The van der Waals surface area contributed by atoms with Crippen LogP contribution in [-0.4, -0.2) is 27.5 Å². The third kappa shape index (κ3) is 2.81. The van der Waals surface area contributed by atoms with Gasteiger partial charge in [0, 0.05) is 6.07 Å². The molecule has 19 heavy (non-hydrogen) atoms. The highest BCUT2D eigenvalue weighted by molar-refractivity contribution is 7.86. The van der Waals surface area contributed by atoms with Crippen LogP contribution in [0.3, 0.4) is 0 Å². The van der Waals surface area contributed by atoms with Gasteiger partial charge in [-0.3, -0.25) is 19.1 Å². The van der Waals surface area contributed by atoms with Gasteiger partial charge in [0.1, 0.15) is 10.1 Å². The number of nitrogens with zero attached hydrogens (tertiary/aromatic N) is 1. The summed E-state index contributed by atoms with van der Waals surface area (Å²) in [5.41, 5.74) is -0.226. The molecule has 0 heterocycles. The van der Waals surface area contributed by atoms with Gasteiger partial charge < -0.3 is 4.74 Å². The van der Waals surface area contributed by atoms with E-state index in [1.54, 1.807) is 6.07 Å². The van der Waals surface area contributed by atoms with Crippen LogP contribution in [0.1, 0.15) is 12.8 Å². The maximum Gasteiger partial charge on any atom is 0.322 e. The van der Waals surface area contributed by atoms with Gasteiger partial charge in [-0.1, -0.05) is 12.1 Å². The van der Waals surface area contributed by atoms with Crippen LogP contribution in [0.25, 0.3) is 0 Å². The number of carbonyl (C=O) groups is 1. The maximum atomic E-state index is 12.5. The van der Waals surface area contributed by atoms with Gasteiger partial charge in [-0.15, -0.1) is 0 Å². The van der Waals surface area contributed by atoms with E-state index >= 15 is 0 Å². The van der Waals surface area contributed by atoms with Crippen molar-refractivity contribution in [2.75, 3.05) is 7.11 Å². The van der Waals surface area contributed by atoms with E-state index in [9.17, 15) is 19.1 Å². The molecule has 0 saturated heterocycles. The van der Waals surface area contributed by atoms with Crippen molar-refractivity contribution < 1.29 is 18.7 Å². The van der Waals surface area contributed by atoms with E-state index in [1.807, 2.05) is 0 Å². The van der Waals surface area contributed by atoms with Crippen molar-refractivity contribution >= 4 is 22.5 Å². The smallest absolute Gasteiger partial charge is 0.322 e. The molecule has 7 heteroatoms. The fourth-order valence-electron chi connectivity index (χ4n) is 1.88. The number of methoxy groups -OCH3 is 1. The Kier molecular flexibility index (Phi) is 3.94. The van der Waals surface area contributed by atoms with Crippen molar-refractivity contribution in [3.8, 4) is 0 Å². The number of ether oxygens (including phenoxy) is 1. The van der Waals surface area contributed by atoms with Gasteiger partial charge >= 0.3 is 5.97 Å². The first kappa shape index (κ1) is 13.7. The van der Waals surface area contributed by atoms with Crippen molar-refractivity contribution in [3.63, 3.8) is 0 Å². The van der Waals surface area contributed by atoms with E-state index in [0.717, 1.165) is 12.8 Å². The Morgan fingerprint density at radius 1 is 1.47 bits per heavy atom. The zero-order chi connectivity index (χ0) is 14.0. The molecule has 0 radical (unpaired) electrons. The fourth-order valence-corrected chi connectivity index (χ4v) is 3.61. The summed E-state index contributed by atoms with van der Waals surface area (Å²) < 4.78 is 17.1. The Morgan fingerprint density at radius 3 is 2.63 bits per heavy atom. The summed E-state index contributed by atoms with van der Waals surface area (Å²) in [5, 5.41) is 10.1. The highest BCUT2D eigenvalue weighted by atomic mass is 32.2. The van der Waals surface area contributed by atoms with Crippen LogP contribution >= 0.6 is 0 Å². The molecule has 0 aromatic heterocycles. The van der Waals surface area contributed by atoms with Crippen LogP contribution in [-0.2, 0) is 20.3 Å². The Hall–Kier alpha value is -1.76. The molecule has 6 nitrogen and oxygen atoms in total. The zero-order valence-corrected chi connectivity index (χ0v) is 11.1. The molecule has 0 aliphatic heterocycles. The molecule has 0 spiro atoms.